The Bertz CT molecular complexity index is 654. The zero-order chi connectivity index (χ0) is 16.7. The van der Waals surface area contributed by atoms with Gasteiger partial charge in [0.25, 0.3) is 0 Å². The van der Waals surface area contributed by atoms with Gasteiger partial charge in [-0.25, -0.2) is 4.99 Å². The number of nitrogens with one attached hydrogen (secondary N) is 1. The molecule has 0 aliphatic carbocycles. The molecule has 5 nitrogen and oxygen atoms in total. The molecule has 0 radical (unpaired) electrons. The summed E-state index contributed by atoms with van der Waals surface area (Å²) < 4.78 is 5.28. The van der Waals surface area contributed by atoms with Gasteiger partial charge in [-0.15, -0.1) is 0 Å². The fourth-order valence-corrected chi connectivity index (χ4v) is 2.37. The van der Waals surface area contributed by atoms with Crippen LogP contribution in [0.1, 0.15) is 30.9 Å². The average Bonchev–Trinajstić information content (AvgIpc) is 3.01. The second-order valence-corrected chi connectivity index (χ2v) is 5.66. The summed E-state index contributed by atoms with van der Waals surface area (Å²) in [6.07, 6.45) is 0.861. The molecule has 2 rings (SSSR count). The van der Waals surface area contributed by atoms with E-state index in [1.807, 2.05) is 56.1 Å². The van der Waals surface area contributed by atoms with E-state index in [1.54, 1.807) is 0 Å². The molecule has 0 aliphatic rings. The van der Waals surface area contributed by atoms with Crippen molar-refractivity contribution in [2.45, 2.75) is 33.4 Å². The van der Waals surface area contributed by atoms with Crippen molar-refractivity contribution < 1.29 is 4.52 Å². The lowest BCUT2D eigenvalue weighted by atomic mass is 10.2. The Kier molecular flexibility index (Phi) is 6.47. The predicted octanol–water partition coefficient (Wildman–Crippen LogP) is 3.49. The van der Waals surface area contributed by atoms with Crippen molar-refractivity contribution >= 4 is 17.6 Å². The smallest absolute Gasteiger partial charge is 0.194 e. The maximum absolute atomic E-state index is 6.23. The van der Waals surface area contributed by atoms with Gasteiger partial charge in [0.2, 0.25) is 0 Å². The van der Waals surface area contributed by atoms with Gasteiger partial charge in [-0.3, -0.25) is 0 Å². The molecule has 0 aliphatic heterocycles. The van der Waals surface area contributed by atoms with Crippen molar-refractivity contribution in [3.63, 3.8) is 0 Å². The van der Waals surface area contributed by atoms with E-state index < -0.39 is 0 Å². The zero-order valence-electron chi connectivity index (χ0n) is 13.8. The lowest BCUT2D eigenvalue weighted by Gasteiger charge is -2.22. The number of halogens is 1. The van der Waals surface area contributed by atoms with Crippen molar-refractivity contribution in [1.29, 1.82) is 0 Å². The largest absolute Gasteiger partial charge is 0.359 e. The molecular formula is C17H23ClN4O. The summed E-state index contributed by atoms with van der Waals surface area (Å²) in [6.45, 7) is 6.03. The van der Waals surface area contributed by atoms with Crippen LogP contribution in [0.25, 0.3) is 0 Å². The van der Waals surface area contributed by atoms with Crippen LogP contribution < -0.4 is 5.32 Å². The highest BCUT2D eigenvalue weighted by atomic mass is 35.5. The highest BCUT2D eigenvalue weighted by Crippen LogP contribution is 2.16. The standard InChI is InChI=1S/C17H23ClN4O/c1-4-14-10-15(23-21-14)11-20-17(19-5-2)22(3)12-13-8-6-7-9-16(13)18/h6-10H,4-5,11-12H2,1-3H3,(H,19,20). The molecule has 1 aromatic carbocycles. The zero-order valence-corrected chi connectivity index (χ0v) is 14.6. The van der Waals surface area contributed by atoms with E-state index in [0.29, 0.717) is 13.1 Å². The molecule has 2 aromatic rings. The number of aliphatic imine (C=N–C) groups is 1. The maximum atomic E-state index is 6.23. The molecule has 6 heteroatoms. The molecule has 1 heterocycles. The van der Waals surface area contributed by atoms with Crippen LogP contribution in [0, 0.1) is 0 Å². The molecule has 0 fully saturated rings. The number of nitrogens with zero attached hydrogens (tertiary/aromatic N) is 3. The van der Waals surface area contributed by atoms with Crippen LogP contribution in [0.4, 0.5) is 0 Å². The van der Waals surface area contributed by atoms with E-state index in [9.17, 15) is 0 Å². The fraction of sp³-hybridized carbons (Fsp3) is 0.412. The molecule has 0 saturated heterocycles. The van der Waals surface area contributed by atoms with Crippen LogP contribution in [0.5, 0.6) is 0 Å². The molecule has 124 valence electrons. The highest BCUT2D eigenvalue weighted by molar-refractivity contribution is 6.31. The van der Waals surface area contributed by atoms with Crippen LogP contribution in [0.2, 0.25) is 5.02 Å². The topological polar surface area (TPSA) is 53.7 Å². The molecule has 0 bridgehead atoms. The van der Waals surface area contributed by atoms with Crippen LogP contribution in [0.15, 0.2) is 39.8 Å². The number of aryl methyl sites for hydroxylation is 1. The first-order valence-corrected chi connectivity index (χ1v) is 8.19. The first-order chi connectivity index (χ1) is 11.1. The Balaban J connectivity index is 2.06. The van der Waals surface area contributed by atoms with Gasteiger partial charge in [0.1, 0.15) is 6.54 Å². The van der Waals surface area contributed by atoms with Crippen molar-refractivity contribution in [2.75, 3.05) is 13.6 Å². The molecule has 0 spiro atoms. The third-order valence-electron chi connectivity index (χ3n) is 3.42. The van der Waals surface area contributed by atoms with Crippen LogP contribution in [-0.4, -0.2) is 29.6 Å². The van der Waals surface area contributed by atoms with E-state index in [1.165, 1.54) is 0 Å². The summed E-state index contributed by atoms with van der Waals surface area (Å²) in [5, 5.41) is 8.03. The van der Waals surface area contributed by atoms with E-state index in [-0.39, 0.29) is 0 Å². The normalized spacial score (nSPS) is 11.6. The summed E-state index contributed by atoms with van der Waals surface area (Å²) >= 11 is 6.23. The second-order valence-electron chi connectivity index (χ2n) is 5.26. The van der Waals surface area contributed by atoms with E-state index in [0.717, 1.165) is 41.0 Å². The first kappa shape index (κ1) is 17.3. The summed E-state index contributed by atoms with van der Waals surface area (Å²) in [4.78, 5) is 6.66. The second kappa shape index (κ2) is 8.58. The minimum Gasteiger partial charge on any atom is -0.359 e. The number of hydrogen-bond acceptors (Lipinski definition) is 3. The average molecular weight is 335 g/mol. The van der Waals surface area contributed by atoms with Gasteiger partial charge in [-0.05, 0) is 25.0 Å². The molecule has 1 aromatic heterocycles. The Hall–Kier alpha value is -2.01. The van der Waals surface area contributed by atoms with Crippen LogP contribution in [-0.2, 0) is 19.5 Å². The number of rotatable bonds is 6. The van der Waals surface area contributed by atoms with Gasteiger partial charge in [0.15, 0.2) is 11.7 Å². The van der Waals surface area contributed by atoms with Gasteiger partial charge < -0.3 is 14.7 Å². The minimum absolute atomic E-state index is 0.461. The third-order valence-corrected chi connectivity index (χ3v) is 3.79. The molecule has 0 unspecified atom stereocenters. The van der Waals surface area contributed by atoms with Crippen molar-refractivity contribution in [3.8, 4) is 0 Å². The van der Waals surface area contributed by atoms with Crippen molar-refractivity contribution in [1.82, 2.24) is 15.4 Å². The molecule has 0 saturated carbocycles. The van der Waals surface area contributed by atoms with E-state index in [4.69, 9.17) is 16.1 Å². The Morgan fingerprint density at radius 1 is 1.35 bits per heavy atom. The van der Waals surface area contributed by atoms with Gasteiger partial charge in [-0.2, -0.15) is 0 Å². The van der Waals surface area contributed by atoms with E-state index in [2.05, 4.69) is 15.5 Å². The maximum Gasteiger partial charge on any atom is 0.194 e. The summed E-state index contributed by atoms with van der Waals surface area (Å²) in [6, 6.07) is 9.78. The lowest BCUT2D eigenvalue weighted by molar-refractivity contribution is 0.378. The van der Waals surface area contributed by atoms with Gasteiger partial charge in [0.05, 0.1) is 5.69 Å². The number of aromatic nitrogens is 1. The molecule has 1 N–H and O–H groups in total. The monoisotopic (exact) mass is 334 g/mol. The Labute approximate surface area is 142 Å². The van der Waals surface area contributed by atoms with Crippen LogP contribution in [0.3, 0.4) is 0 Å². The minimum atomic E-state index is 0.461. The molecule has 23 heavy (non-hydrogen) atoms. The molecule has 0 atom stereocenters. The fourth-order valence-electron chi connectivity index (χ4n) is 2.18. The quantitative estimate of drug-likeness (QED) is 0.649. The van der Waals surface area contributed by atoms with Gasteiger partial charge in [-0.1, -0.05) is 41.9 Å². The van der Waals surface area contributed by atoms with Gasteiger partial charge in [0, 0.05) is 31.2 Å². The predicted molar refractivity (Wildman–Crippen MR) is 93.6 cm³/mol. The van der Waals surface area contributed by atoms with Crippen molar-refractivity contribution in [3.05, 3.63) is 52.4 Å². The number of hydrogen-bond donors (Lipinski definition) is 1. The Morgan fingerprint density at radius 3 is 2.78 bits per heavy atom. The highest BCUT2D eigenvalue weighted by Gasteiger charge is 2.09. The number of guanidine groups is 1. The van der Waals surface area contributed by atoms with Gasteiger partial charge >= 0.3 is 0 Å². The molecule has 0 amide bonds. The summed E-state index contributed by atoms with van der Waals surface area (Å²) in [7, 11) is 1.99. The Morgan fingerprint density at radius 2 is 2.13 bits per heavy atom. The SMILES string of the molecule is CCNC(=NCc1cc(CC)no1)N(C)Cc1ccccc1Cl. The molecular weight excluding hydrogens is 312 g/mol. The number of benzene rings is 1. The summed E-state index contributed by atoms with van der Waals surface area (Å²) in [5.41, 5.74) is 2.01. The third kappa shape index (κ3) is 4.99. The van der Waals surface area contributed by atoms with Crippen molar-refractivity contribution in [2.24, 2.45) is 4.99 Å². The van der Waals surface area contributed by atoms with Crippen LogP contribution >= 0.6 is 11.6 Å². The van der Waals surface area contributed by atoms with E-state index >= 15 is 0 Å². The summed E-state index contributed by atoms with van der Waals surface area (Å²) in [5.74, 6) is 1.57. The first-order valence-electron chi connectivity index (χ1n) is 7.81. The lowest BCUT2D eigenvalue weighted by Crippen LogP contribution is -2.38.